The van der Waals surface area contributed by atoms with E-state index in [9.17, 15) is 14.4 Å². The van der Waals surface area contributed by atoms with Crippen molar-refractivity contribution in [2.75, 3.05) is 11.9 Å². The SMILES string of the molecule is NC(=O)CCNC(=O)c1ccccc1NC(=O)C1CC1c1cccc(Br)c1. The van der Waals surface area contributed by atoms with Gasteiger partial charge in [0, 0.05) is 23.4 Å². The lowest BCUT2D eigenvalue weighted by molar-refractivity contribution is -0.118. The fraction of sp³-hybridized carbons (Fsp3) is 0.250. The van der Waals surface area contributed by atoms with Crippen molar-refractivity contribution in [3.8, 4) is 0 Å². The highest BCUT2D eigenvalue weighted by Crippen LogP contribution is 2.48. The van der Waals surface area contributed by atoms with Crippen LogP contribution in [0.1, 0.15) is 34.7 Å². The second-order valence-corrected chi connectivity index (χ2v) is 7.43. The molecule has 27 heavy (non-hydrogen) atoms. The number of benzene rings is 2. The molecule has 1 saturated carbocycles. The summed E-state index contributed by atoms with van der Waals surface area (Å²) in [6.07, 6.45) is 0.853. The Hall–Kier alpha value is -2.67. The number of para-hydroxylation sites is 1. The average Bonchev–Trinajstić information content (AvgIpc) is 3.43. The maximum Gasteiger partial charge on any atom is 0.253 e. The Labute approximate surface area is 165 Å². The number of nitrogens with two attached hydrogens (primary N) is 1. The minimum Gasteiger partial charge on any atom is -0.370 e. The van der Waals surface area contributed by atoms with Crippen LogP contribution in [0.4, 0.5) is 5.69 Å². The van der Waals surface area contributed by atoms with Crippen LogP contribution in [0.25, 0.3) is 0 Å². The van der Waals surface area contributed by atoms with Crippen LogP contribution >= 0.6 is 15.9 Å². The number of carbonyl (C=O) groups is 3. The zero-order valence-corrected chi connectivity index (χ0v) is 16.2. The highest BCUT2D eigenvalue weighted by Gasteiger charge is 2.44. The summed E-state index contributed by atoms with van der Waals surface area (Å²) in [4.78, 5) is 35.7. The first-order valence-corrected chi connectivity index (χ1v) is 9.47. The molecule has 2 aromatic rings. The molecule has 3 rings (SSSR count). The van der Waals surface area contributed by atoms with Gasteiger partial charge in [-0.2, -0.15) is 0 Å². The second-order valence-electron chi connectivity index (χ2n) is 6.51. The van der Waals surface area contributed by atoms with Gasteiger partial charge in [0.1, 0.15) is 0 Å². The van der Waals surface area contributed by atoms with E-state index in [0.29, 0.717) is 11.3 Å². The number of nitrogens with one attached hydrogen (secondary N) is 2. The summed E-state index contributed by atoms with van der Waals surface area (Å²) < 4.78 is 0.990. The van der Waals surface area contributed by atoms with E-state index < -0.39 is 5.91 Å². The molecule has 0 aromatic heterocycles. The summed E-state index contributed by atoms with van der Waals surface area (Å²) in [5, 5.41) is 5.50. The Bertz CT molecular complexity index is 884. The van der Waals surface area contributed by atoms with Crippen molar-refractivity contribution in [1.82, 2.24) is 5.32 Å². The first-order chi connectivity index (χ1) is 13.0. The summed E-state index contributed by atoms with van der Waals surface area (Å²) in [5.41, 5.74) is 7.01. The summed E-state index contributed by atoms with van der Waals surface area (Å²) in [6, 6.07) is 14.8. The van der Waals surface area contributed by atoms with E-state index in [1.165, 1.54) is 0 Å². The molecule has 0 spiro atoms. The van der Waals surface area contributed by atoms with E-state index in [1.807, 2.05) is 24.3 Å². The van der Waals surface area contributed by atoms with Gasteiger partial charge in [0.25, 0.3) is 5.91 Å². The van der Waals surface area contributed by atoms with E-state index in [1.54, 1.807) is 24.3 Å². The highest BCUT2D eigenvalue weighted by molar-refractivity contribution is 9.10. The van der Waals surface area contributed by atoms with Gasteiger partial charge in [-0.05, 0) is 42.2 Å². The normalized spacial score (nSPS) is 17.8. The quantitative estimate of drug-likeness (QED) is 0.630. The Balaban J connectivity index is 1.63. The zero-order valence-electron chi connectivity index (χ0n) is 14.6. The third-order valence-corrected chi connectivity index (χ3v) is 4.98. The molecule has 2 unspecified atom stereocenters. The summed E-state index contributed by atoms with van der Waals surface area (Å²) in [5.74, 6) is -0.850. The van der Waals surface area contributed by atoms with Gasteiger partial charge < -0.3 is 16.4 Å². The van der Waals surface area contributed by atoms with Gasteiger partial charge >= 0.3 is 0 Å². The summed E-state index contributed by atoms with van der Waals surface area (Å²) in [6.45, 7) is 0.157. The molecule has 2 aromatic carbocycles. The number of anilines is 1. The molecule has 2 atom stereocenters. The van der Waals surface area contributed by atoms with Crippen LogP contribution in [0.2, 0.25) is 0 Å². The van der Waals surface area contributed by atoms with E-state index in [-0.39, 0.29) is 36.6 Å². The van der Waals surface area contributed by atoms with Crippen LogP contribution < -0.4 is 16.4 Å². The number of rotatable bonds is 7. The molecular weight excluding hydrogens is 410 g/mol. The van der Waals surface area contributed by atoms with Crippen LogP contribution in [0, 0.1) is 5.92 Å². The maximum absolute atomic E-state index is 12.6. The topological polar surface area (TPSA) is 101 Å². The predicted molar refractivity (Wildman–Crippen MR) is 106 cm³/mol. The summed E-state index contributed by atoms with van der Waals surface area (Å²) >= 11 is 3.45. The number of carbonyl (C=O) groups excluding carboxylic acids is 3. The molecule has 0 radical (unpaired) electrons. The smallest absolute Gasteiger partial charge is 0.253 e. The average molecular weight is 430 g/mol. The standard InChI is InChI=1S/C20H20BrN3O3/c21-13-5-3-4-12(10-13)15-11-16(15)20(27)24-17-7-2-1-6-14(17)19(26)23-9-8-18(22)25/h1-7,10,15-16H,8-9,11H2,(H2,22,25)(H,23,26)(H,24,27). The monoisotopic (exact) mass is 429 g/mol. The van der Waals surface area contributed by atoms with Gasteiger partial charge in [0.05, 0.1) is 11.3 Å². The summed E-state index contributed by atoms with van der Waals surface area (Å²) in [7, 11) is 0. The van der Waals surface area contributed by atoms with Crippen LogP contribution in [-0.4, -0.2) is 24.3 Å². The lowest BCUT2D eigenvalue weighted by Crippen LogP contribution is -2.29. The van der Waals surface area contributed by atoms with Crippen LogP contribution in [0.5, 0.6) is 0 Å². The number of hydrogen-bond acceptors (Lipinski definition) is 3. The van der Waals surface area contributed by atoms with Gasteiger partial charge in [0.15, 0.2) is 0 Å². The Kier molecular flexibility index (Phi) is 5.91. The maximum atomic E-state index is 12.6. The third kappa shape index (κ3) is 4.95. The number of hydrogen-bond donors (Lipinski definition) is 3. The largest absolute Gasteiger partial charge is 0.370 e. The van der Waals surface area contributed by atoms with Crippen molar-refractivity contribution in [2.45, 2.75) is 18.8 Å². The number of primary amides is 1. The zero-order chi connectivity index (χ0) is 19.4. The minimum absolute atomic E-state index is 0.0661. The molecule has 0 heterocycles. The fourth-order valence-electron chi connectivity index (χ4n) is 3.00. The highest BCUT2D eigenvalue weighted by atomic mass is 79.9. The molecule has 1 fully saturated rings. The molecule has 0 bridgehead atoms. The lowest BCUT2D eigenvalue weighted by atomic mass is 10.1. The van der Waals surface area contributed by atoms with Crippen molar-refractivity contribution in [3.63, 3.8) is 0 Å². The van der Waals surface area contributed by atoms with Crippen LogP contribution in [-0.2, 0) is 9.59 Å². The van der Waals surface area contributed by atoms with E-state index in [0.717, 1.165) is 16.5 Å². The van der Waals surface area contributed by atoms with Gasteiger partial charge in [-0.3, -0.25) is 14.4 Å². The molecule has 140 valence electrons. The third-order valence-electron chi connectivity index (χ3n) is 4.49. The van der Waals surface area contributed by atoms with Crippen LogP contribution in [0.15, 0.2) is 53.0 Å². The first kappa shape index (κ1) is 19.1. The molecular formula is C20H20BrN3O3. The Morgan fingerprint density at radius 2 is 1.89 bits per heavy atom. The molecule has 0 aliphatic heterocycles. The van der Waals surface area contributed by atoms with Gasteiger partial charge in [-0.25, -0.2) is 0 Å². The molecule has 6 nitrogen and oxygen atoms in total. The van der Waals surface area contributed by atoms with E-state index in [2.05, 4.69) is 26.6 Å². The Morgan fingerprint density at radius 3 is 2.63 bits per heavy atom. The fourth-order valence-corrected chi connectivity index (χ4v) is 3.42. The first-order valence-electron chi connectivity index (χ1n) is 8.67. The van der Waals surface area contributed by atoms with E-state index in [4.69, 9.17) is 5.73 Å². The van der Waals surface area contributed by atoms with Gasteiger partial charge in [-0.1, -0.05) is 40.2 Å². The molecule has 1 aliphatic carbocycles. The number of halogens is 1. The number of amides is 3. The molecule has 7 heteroatoms. The predicted octanol–water partition coefficient (Wildman–Crippen LogP) is 2.80. The molecule has 1 aliphatic rings. The van der Waals surface area contributed by atoms with Crippen molar-refractivity contribution in [1.29, 1.82) is 0 Å². The van der Waals surface area contributed by atoms with Crippen LogP contribution in [0.3, 0.4) is 0 Å². The molecule has 4 N–H and O–H groups in total. The molecule has 0 saturated heterocycles. The molecule has 3 amide bonds. The van der Waals surface area contributed by atoms with Gasteiger partial charge in [-0.15, -0.1) is 0 Å². The lowest BCUT2D eigenvalue weighted by Gasteiger charge is -2.11. The second kappa shape index (κ2) is 8.35. The van der Waals surface area contributed by atoms with Gasteiger partial charge in [0.2, 0.25) is 11.8 Å². The van der Waals surface area contributed by atoms with Crippen molar-refractivity contribution in [3.05, 3.63) is 64.1 Å². The van der Waals surface area contributed by atoms with E-state index >= 15 is 0 Å². The van der Waals surface area contributed by atoms with Crippen molar-refractivity contribution < 1.29 is 14.4 Å². The van der Waals surface area contributed by atoms with Crippen molar-refractivity contribution in [2.24, 2.45) is 11.7 Å². The Morgan fingerprint density at radius 1 is 1.11 bits per heavy atom. The minimum atomic E-state index is -0.482. The van der Waals surface area contributed by atoms with Crippen molar-refractivity contribution >= 4 is 39.3 Å².